The zero-order valence-corrected chi connectivity index (χ0v) is 11.7. The summed E-state index contributed by atoms with van der Waals surface area (Å²) in [5.74, 6) is -0.841. The molecule has 1 aromatic rings. The molecule has 1 rings (SSSR count). The molecule has 5 heteroatoms. The van der Waals surface area contributed by atoms with Crippen LogP contribution in [-0.2, 0) is 4.79 Å². The van der Waals surface area contributed by atoms with Crippen LogP contribution < -0.4 is 10.6 Å². The van der Waals surface area contributed by atoms with Crippen LogP contribution in [0, 0.1) is 11.2 Å². The molecule has 0 radical (unpaired) electrons. The molecule has 0 fully saturated rings. The number of rotatable bonds is 6. The zero-order chi connectivity index (χ0) is 15.2. The molecule has 20 heavy (non-hydrogen) atoms. The van der Waals surface area contributed by atoms with E-state index in [1.54, 1.807) is 19.9 Å². The standard InChI is InChI=1S/C15H19FN2O2/c1-4-15(2,3)14(20)18-10-9-17-13(19)11-5-7-12(16)8-6-11/h4-8H,1,9-10H2,2-3H3,(H,17,19)(H,18,20). The van der Waals surface area contributed by atoms with Gasteiger partial charge in [0, 0.05) is 18.7 Å². The highest BCUT2D eigenvalue weighted by Gasteiger charge is 2.22. The topological polar surface area (TPSA) is 58.2 Å². The van der Waals surface area contributed by atoms with Crippen molar-refractivity contribution in [2.75, 3.05) is 13.1 Å². The Bertz CT molecular complexity index is 495. The Morgan fingerprint density at radius 1 is 1.20 bits per heavy atom. The maximum atomic E-state index is 12.7. The zero-order valence-electron chi connectivity index (χ0n) is 11.7. The number of carbonyl (C=O) groups is 2. The van der Waals surface area contributed by atoms with Gasteiger partial charge in [0.15, 0.2) is 0 Å². The fourth-order valence-electron chi connectivity index (χ4n) is 1.38. The van der Waals surface area contributed by atoms with Crippen molar-refractivity contribution in [3.63, 3.8) is 0 Å². The van der Waals surface area contributed by atoms with Gasteiger partial charge in [-0.15, -0.1) is 6.58 Å². The van der Waals surface area contributed by atoms with Crippen LogP contribution in [0.2, 0.25) is 0 Å². The number of hydrogen-bond donors (Lipinski definition) is 2. The van der Waals surface area contributed by atoms with E-state index in [9.17, 15) is 14.0 Å². The summed E-state index contributed by atoms with van der Waals surface area (Å²) in [4.78, 5) is 23.4. The predicted octanol–water partition coefficient (Wildman–Crippen LogP) is 1.88. The molecule has 0 aromatic heterocycles. The summed E-state index contributed by atoms with van der Waals surface area (Å²) in [7, 11) is 0. The van der Waals surface area contributed by atoms with E-state index in [1.807, 2.05) is 0 Å². The highest BCUT2D eigenvalue weighted by molar-refractivity contribution is 5.94. The van der Waals surface area contributed by atoms with Crippen molar-refractivity contribution in [2.45, 2.75) is 13.8 Å². The van der Waals surface area contributed by atoms with E-state index in [1.165, 1.54) is 24.3 Å². The second kappa shape index (κ2) is 6.84. The number of hydrogen-bond acceptors (Lipinski definition) is 2. The number of benzene rings is 1. The lowest BCUT2D eigenvalue weighted by Gasteiger charge is -2.18. The molecule has 2 N–H and O–H groups in total. The smallest absolute Gasteiger partial charge is 0.251 e. The molecule has 0 saturated heterocycles. The molecule has 0 aliphatic rings. The fourth-order valence-corrected chi connectivity index (χ4v) is 1.38. The van der Waals surface area contributed by atoms with Gasteiger partial charge in [-0.2, -0.15) is 0 Å². The third kappa shape index (κ3) is 4.50. The summed E-state index contributed by atoms with van der Waals surface area (Å²) >= 11 is 0. The van der Waals surface area contributed by atoms with Gasteiger partial charge in [-0.05, 0) is 38.1 Å². The van der Waals surface area contributed by atoms with Crippen LogP contribution in [0.15, 0.2) is 36.9 Å². The minimum atomic E-state index is -0.638. The van der Waals surface area contributed by atoms with E-state index in [0.29, 0.717) is 18.7 Å². The highest BCUT2D eigenvalue weighted by atomic mass is 19.1. The molecule has 0 aliphatic carbocycles. The molecular weight excluding hydrogens is 259 g/mol. The van der Waals surface area contributed by atoms with Gasteiger partial charge in [-0.1, -0.05) is 6.08 Å². The van der Waals surface area contributed by atoms with E-state index in [4.69, 9.17) is 0 Å². The van der Waals surface area contributed by atoms with Crippen LogP contribution >= 0.6 is 0 Å². The normalized spacial score (nSPS) is 10.8. The molecule has 0 atom stereocenters. The summed E-state index contributed by atoms with van der Waals surface area (Å²) in [5, 5.41) is 5.35. The first kappa shape index (κ1) is 15.9. The SMILES string of the molecule is C=CC(C)(C)C(=O)NCCNC(=O)c1ccc(F)cc1. The minimum absolute atomic E-state index is 0.150. The quantitative estimate of drug-likeness (QED) is 0.616. The maximum absolute atomic E-state index is 12.7. The van der Waals surface area contributed by atoms with Crippen molar-refractivity contribution in [3.8, 4) is 0 Å². The summed E-state index contributed by atoms with van der Waals surface area (Å²) in [6, 6.07) is 5.26. The average Bonchev–Trinajstić information content (AvgIpc) is 2.43. The van der Waals surface area contributed by atoms with Gasteiger partial charge in [-0.3, -0.25) is 9.59 Å². The highest BCUT2D eigenvalue weighted by Crippen LogP contribution is 2.15. The molecule has 4 nitrogen and oxygen atoms in total. The fraction of sp³-hybridized carbons (Fsp3) is 0.333. The Balaban J connectivity index is 2.35. The number of carbonyl (C=O) groups excluding carboxylic acids is 2. The lowest BCUT2D eigenvalue weighted by molar-refractivity contribution is -0.127. The first-order valence-electron chi connectivity index (χ1n) is 6.32. The molecule has 2 amide bonds. The Labute approximate surface area is 118 Å². The van der Waals surface area contributed by atoms with Gasteiger partial charge in [0.1, 0.15) is 5.82 Å². The predicted molar refractivity (Wildman–Crippen MR) is 75.7 cm³/mol. The van der Waals surface area contributed by atoms with E-state index in [2.05, 4.69) is 17.2 Å². The van der Waals surface area contributed by atoms with Crippen LogP contribution in [-0.4, -0.2) is 24.9 Å². The Morgan fingerprint density at radius 2 is 1.75 bits per heavy atom. The van der Waals surface area contributed by atoms with Gasteiger partial charge in [0.05, 0.1) is 5.41 Å². The second-order valence-corrected chi connectivity index (χ2v) is 4.94. The van der Waals surface area contributed by atoms with E-state index in [0.717, 1.165) is 0 Å². The number of nitrogens with one attached hydrogen (secondary N) is 2. The van der Waals surface area contributed by atoms with Gasteiger partial charge in [0.2, 0.25) is 5.91 Å². The first-order valence-corrected chi connectivity index (χ1v) is 6.32. The Morgan fingerprint density at radius 3 is 2.30 bits per heavy atom. The number of halogens is 1. The van der Waals surface area contributed by atoms with Crippen molar-refractivity contribution in [1.82, 2.24) is 10.6 Å². The molecular formula is C15H19FN2O2. The summed E-state index contributed by atoms with van der Waals surface area (Å²) in [6.07, 6.45) is 1.57. The lowest BCUT2D eigenvalue weighted by atomic mass is 9.93. The third-order valence-electron chi connectivity index (χ3n) is 2.90. The third-order valence-corrected chi connectivity index (χ3v) is 2.90. The lowest BCUT2D eigenvalue weighted by Crippen LogP contribution is -2.40. The molecule has 1 aromatic carbocycles. The van der Waals surface area contributed by atoms with Crippen molar-refractivity contribution in [2.24, 2.45) is 5.41 Å². The van der Waals surface area contributed by atoms with Crippen molar-refractivity contribution >= 4 is 11.8 Å². The van der Waals surface area contributed by atoms with Crippen LogP contribution in [0.4, 0.5) is 4.39 Å². The van der Waals surface area contributed by atoms with Crippen LogP contribution in [0.5, 0.6) is 0 Å². The van der Waals surface area contributed by atoms with Crippen molar-refractivity contribution in [1.29, 1.82) is 0 Å². The largest absolute Gasteiger partial charge is 0.354 e. The Kier molecular flexibility index (Phi) is 5.43. The molecule has 0 aliphatic heterocycles. The van der Waals surface area contributed by atoms with Crippen LogP contribution in [0.1, 0.15) is 24.2 Å². The molecule has 0 spiro atoms. The Hall–Kier alpha value is -2.17. The van der Waals surface area contributed by atoms with Crippen molar-refractivity contribution < 1.29 is 14.0 Å². The first-order chi connectivity index (χ1) is 9.36. The second-order valence-electron chi connectivity index (χ2n) is 4.94. The monoisotopic (exact) mass is 278 g/mol. The molecule has 0 saturated carbocycles. The van der Waals surface area contributed by atoms with Crippen LogP contribution in [0.25, 0.3) is 0 Å². The maximum Gasteiger partial charge on any atom is 0.251 e. The van der Waals surface area contributed by atoms with E-state index < -0.39 is 5.41 Å². The summed E-state index contributed by atoms with van der Waals surface area (Å²) in [6.45, 7) is 7.73. The minimum Gasteiger partial charge on any atom is -0.354 e. The summed E-state index contributed by atoms with van der Waals surface area (Å²) < 4.78 is 12.7. The van der Waals surface area contributed by atoms with Gasteiger partial charge in [-0.25, -0.2) is 4.39 Å². The number of amides is 2. The average molecular weight is 278 g/mol. The van der Waals surface area contributed by atoms with Crippen molar-refractivity contribution in [3.05, 3.63) is 48.3 Å². The van der Waals surface area contributed by atoms with E-state index in [-0.39, 0.29) is 17.6 Å². The van der Waals surface area contributed by atoms with E-state index >= 15 is 0 Å². The summed E-state index contributed by atoms with van der Waals surface area (Å²) in [5.41, 5.74) is -0.259. The molecule has 0 unspecified atom stereocenters. The van der Waals surface area contributed by atoms with Gasteiger partial charge >= 0.3 is 0 Å². The van der Waals surface area contributed by atoms with Crippen LogP contribution in [0.3, 0.4) is 0 Å². The molecule has 0 bridgehead atoms. The van der Waals surface area contributed by atoms with Gasteiger partial charge in [0.25, 0.3) is 5.91 Å². The molecule has 108 valence electrons. The molecule has 0 heterocycles. The van der Waals surface area contributed by atoms with Gasteiger partial charge < -0.3 is 10.6 Å².